The number of hydrogen-bond acceptors (Lipinski definition) is 3. The van der Waals surface area contributed by atoms with Crippen LogP contribution >= 0.6 is 12.4 Å². The van der Waals surface area contributed by atoms with Crippen LogP contribution in [-0.4, -0.2) is 31.4 Å². The predicted octanol–water partition coefficient (Wildman–Crippen LogP) is 2.64. The number of hydrogen-bond donors (Lipinski definition) is 3. The zero-order valence-corrected chi connectivity index (χ0v) is 16.3. The Morgan fingerprint density at radius 1 is 1.27 bits per heavy atom. The lowest BCUT2D eigenvalue weighted by atomic mass is 9.67. The molecule has 3 N–H and O–H groups in total. The van der Waals surface area contributed by atoms with Gasteiger partial charge in [0.25, 0.3) is 5.91 Å². The van der Waals surface area contributed by atoms with Gasteiger partial charge in [0.15, 0.2) is 0 Å². The lowest BCUT2D eigenvalue weighted by molar-refractivity contribution is -0.134. The van der Waals surface area contributed by atoms with Gasteiger partial charge in [0.1, 0.15) is 0 Å². The molecule has 1 saturated heterocycles. The van der Waals surface area contributed by atoms with E-state index in [1.807, 2.05) is 31.2 Å². The first-order chi connectivity index (χ1) is 12.2. The predicted molar refractivity (Wildman–Crippen MR) is 105 cm³/mol. The Bertz CT molecular complexity index is 637. The summed E-state index contributed by atoms with van der Waals surface area (Å²) in [6.07, 6.45) is 5.41. The monoisotopic (exact) mass is 379 g/mol. The third kappa shape index (κ3) is 4.38. The number of carbonyl (C=O) groups excluding carboxylic acids is 2. The third-order valence-electron chi connectivity index (χ3n) is 5.67. The minimum atomic E-state index is -0.228. The summed E-state index contributed by atoms with van der Waals surface area (Å²) in [6, 6.07) is 7.52. The molecule has 2 fully saturated rings. The highest BCUT2D eigenvalue weighted by atomic mass is 35.5. The maximum atomic E-state index is 12.9. The average Bonchev–Trinajstić information content (AvgIpc) is 3.09. The molecule has 2 atom stereocenters. The first kappa shape index (κ1) is 20.7. The summed E-state index contributed by atoms with van der Waals surface area (Å²) in [5.41, 5.74) is 1.39. The summed E-state index contributed by atoms with van der Waals surface area (Å²) >= 11 is 0. The summed E-state index contributed by atoms with van der Waals surface area (Å²) in [7, 11) is 0. The first-order valence-corrected chi connectivity index (χ1v) is 9.52. The Kier molecular flexibility index (Phi) is 7.47. The fourth-order valence-corrected chi connectivity index (χ4v) is 4.21. The second kappa shape index (κ2) is 9.38. The molecule has 0 radical (unpaired) electrons. The average molecular weight is 380 g/mol. The zero-order chi connectivity index (χ0) is 17.7. The van der Waals surface area contributed by atoms with E-state index >= 15 is 0 Å². The van der Waals surface area contributed by atoms with Crippen molar-refractivity contribution in [3.8, 4) is 0 Å². The molecule has 1 aliphatic carbocycles. The Morgan fingerprint density at radius 2 is 2.12 bits per heavy atom. The molecule has 0 unspecified atom stereocenters. The van der Waals surface area contributed by atoms with Crippen molar-refractivity contribution < 1.29 is 9.59 Å². The van der Waals surface area contributed by atoms with Gasteiger partial charge in [-0.15, -0.1) is 12.4 Å². The maximum Gasteiger partial charge on any atom is 0.251 e. The SMILES string of the molecule is CCCNC(=O)c1cccc(CNC(=O)[C@@]23CCCC[C@H]2CNC3)c1.Cl. The van der Waals surface area contributed by atoms with Crippen molar-refractivity contribution in [1.29, 1.82) is 0 Å². The Morgan fingerprint density at radius 3 is 2.92 bits per heavy atom. The van der Waals surface area contributed by atoms with Crippen LogP contribution in [-0.2, 0) is 11.3 Å². The largest absolute Gasteiger partial charge is 0.352 e. The normalized spacial score (nSPS) is 24.3. The van der Waals surface area contributed by atoms with E-state index < -0.39 is 0 Å². The molecule has 0 spiro atoms. The van der Waals surface area contributed by atoms with E-state index in [0.717, 1.165) is 44.3 Å². The van der Waals surface area contributed by atoms with Crippen molar-refractivity contribution in [3.05, 3.63) is 35.4 Å². The molecule has 26 heavy (non-hydrogen) atoms. The number of halogens is 1. The lowest BCUT2D eigenvalue weighted by Crippen LogP contribution is -2.47. The number of amides is 2. The highest BCUT2D eigenvalue weighted by molar-refractivity contribution is 5.94. The van der Waals surface area contributed by atoms with Crippen LogP contribution in [0, 0.1) is 11.3 Å². The molecule has 0 aromatic heterocycles. The van der Waals surface area contributed by atoms with E-state index in [4.69, 9.17) is 0 Å². The summed E-state index contributed by atoms with van der Waals surface area (Å²) < 4.78 is 0. The molecule has 3 rings (SSSR count). The van der Waals surface area contributed by atoms with Crippen LogP contribution in [0.15, 0.2) is 24.3 Å². The summed E-state index contributed by atoms with van der Waals surface area (Å²) in [5, 5.41) is 9.43. The summed E-state index contributed by atoms with van der Waals surface area (Å²) in [6.45, 7) is 4.93. The van der Waals surface area contributed by atoms with Gasteiger partial charge in [0, 0.05) is 25.2 Å². The van der Waals surface area contributed by atoms with Crippen LogP contribution in [0.5, 0.6) is 0 Å². The van der Waals surface area contributed by atoms with Crippen molar-refractivity contribution in [1.82, 2.24) is 16.0 Å². The molecule has 2 amide bonds. The van der Waals surface area contributed by atoms with Gasteiger partial charge in [0.2, 0.25) is 5.91 Å². The minimum absolute atomic E-state index is 0. The third-order valence-corrected chi connectivity index (χ3v) is 5.67. The van der Waals surface area contributed by atoms with Crippen LogP contribution in [0.25, 0.3) is 0 Å². The second-order valence-corrected chi connectivity index (χ2v) is 7.37. The minimum Gasteiger partial charge on any atom is -0.352 e. The number of nitrogens with one attached hydrogen (secondary N) is 3. The molecule has 5 nitrogen and oxygen atoms in total. The van der Waals surface area contributed by atoms with Crippen molar-refractivity contribution in [2.24, 2.45) is 11.3 Å². The fourth-order valence-electron chi connectivity index (χ4n) is 4.21. The van der Waals surface area contributed by atoms with E-state index in [9.17, 15) is 9.59 Å². The smallest absolute Gasteiger partial charge is 0.251 e. The lowest BCUT2D eigenvalue weighted by Gasteiger charge is -2.37. The Labute approximate surface area is 162 Å². The van der Waals surface area contributed by atoms with Gasteiger partial charge in [-0.25, -0.2) is 0 Å². The molecular formula is C20H30ClN3O2. The van der Waals surface area contributed by atoms with E-state index in [1.165, 1.54) is 6.42 Å². The molecule has 1 aromatic carbocycles. The number of benzene rings is 1. The highest BCUT2D eigenvalue weighted by Gasteiger charge is 2.49. The van der Waals surface area contributed by atoms with Crippen molar-refractivity contribution in [2.45, 2.75) is 45.6 Å². The van der Waals surface area contributed by atoms with Gasteiger partial charge in [-0.05, 0) is 49.4 Å². The van der Waals surface area contributed by atoms with E-state index in [-0.39, 0.29) is 29.6 Å². The van der Waals surface area contributed by atoms with E-state index in [2.05, 4.69) is 16.0 Å². The van der Waals surface area contributed by atoms with Crippen molar-refractivity contribution in [3.63, 3.8) is 0 Å². The van der Waals surface area contributed by atoms with Gasteiger partial charge in [-0.1, -0.05) is 31.9 Å². The zero-order valence-electron chi connectivity index (χ0n) is 15.5. The van der Waals surface area contributed by atoms with E-state index in [1.54, 1.807) is 0 Å². The molecule has 144 valence electrons. The standard InChI is InChI=1S/C20H29N3O2.ClH/c1-2-10-22-18(24)16-7-5-6-15(11-16)12-23-19(25)20-9-4-3-8-17(20)13-21-14-20;/h5-7,11,17,21H,2-4,8-10,12-14H2,1H3,(H,22,24)(H,23,25);1H/t17-,20+;/m0./s1. The Balaban J connectivity index is 0.00000243. The van der Waals surface area contributed by atoms with Gasteiger partial charge in [-0.2, -0.15) is 0 Å². The van der Waals surface area contributed by atoms with Crippen LogP contribution in [0.2, 0.25) is 0 Å². The molecule has 1 aromatic rings. The number of rotatable bonds is 6. The quantitative estimate of drug-likeness (QED) is 0.711. The van der Waals surface area contributed by atoms with Crippen LogP contribution in [0.1, 0.15) is 54.9 Å². The molecule has 1 saturated carbocycles. The summed E-state index contributed by atoms with van der Waals surface area (Å²) in [5.74, 6) is 0.580. The van der Waals surface area contributed by atoms with Crippen LogP contribution in [0.4, 0.5) is 0 Å². The molecule has 0 bridgehead atoms. The summed E-state index contributed by atoms with van der Waals surface area (Å²) in [4.78, 5) is 25.0. The fraction of sp³-hybridized carbons (Fsp3) is 0.600. The first-order valence-electron chi connectivity index (χ1n) is 9.52. The molecular weight excluding hydrogens is 350 g/mol. The van der Waals surface area contributed by atoms with Gasteiger partial charge < -0.3 is 16.0 Å². The number of carbonyl (C=O) groups is 2. The molecule has 1 heterocycles. The highest BCUT2D eigenvalue weighted by Crippen LogP contribution is 2.43. The van der Waals surface area contributed by atoms with Gasteiger partial charge in [-0.3, -0.25) is 9.59 Å². The molecule has 2 aliphatic rings. The van der Waals surface area contributed by atoms with Crippen LogP contribution < -0.4 is 16.0 Å². The van der Waals surface area contributed by atoms with Gasteiger partial charge >= 0.3 is 0 Å². The topological polar surface area (TPSA) is 70.2 Å². The van der Waals surface area contributed by atoms with Gasteiger partial charge in [0.05, 0.1) is 5.41 Å². The van der Waals surface area contributed by atoms with E-state index in [0.29, 0.717) is 24.6 Å². The number of fused-ring (bicyclic) bond motifs is 1. The van der Waals surface area contributed by atoms with Crippen molar-refractivity contribution in [2.75, 3.05) is 19.6 Å². The molecule has 6 heteroatoms. The maximum absolute atomic E-state index is 12.9. The van der Waals surface area contributed by atoms with Crippen molar-refractivity contribution >= 4 is 24.2 Å². The Hall–Kier alpha value is -1.59. The molecule has 1 aliphatic heterocycles. The second-order valence-electron chi connectivity index (χ2n) is 7.37. The van der Waals surface area contributed by atoms with Crippen LogP contribution in [0.3, 0.4) is 0 Å².